The first kappa shape index (κ1) is 12.9. The molecule has 1 saturated heterocycles. The first-order valence-corrected chi connectivity index (χ1v) is 7.04. The maximum absolute atomic E-state index is 7.81. The topological polar surface area (TPSA) is 83.8 Å². The third-order valence-corrected chi connectivity index (χ3v) is 3.85. The van der Waals surface area contributed by atoms with E-state index in [1.807, 2.05) is 6.92 Å². The normalized spacial score (nSPS) is 15.8. The summed E-state index contributed by atoms with van der Waals surface area (Å²) in [5.41, 5.74) is 7.72. The van der Waals surface area contributed by atoms with Crippen molar-refractivity contribution in [2.24, 2.45) is 0 Å². The highest BCUT2D eigenvalue weighted by Crippen LogP contribution is 2.28. The van der Waals surface area contributed by atoms with Gasteiger partial charge in [0.05, 0.1) is 5.39 Å². The second-order valence-electron chi connectivity index (χ2n) is 5.43. The van der Waals surface area contributed by atoms with Crippen LogP contribution >= 0.6 is 0 Å². The smallest absolute Gasteiger partial charge is 0.169 e. The molecule has 2 aromatic heterocycles. The minimum absolute atomic E-state index is 0.328. The molecule has 0 spiro atoms. The molecule has 3 N–H and O–H groups in total. The molecule has 1 aliphatic rings. The molecule has 2 aromatic rings. The minimum Gasteiger partial charge on any atom is -0.382 e. The number of fused-ring (bicyclic) bond motifs is 1. The Kier molecular flexibility index (Phi) is 3.08. The summed E-state index contributed by atoms with van der Waals surface area (Å²) in [7, 11) is 0. The van der Waals surface area contributed by atoms with Gasteiger partial charge in [0, 0.05) is 13.1 Å². The molecule has 0 amide bonds. The SMILES string of the molecule is CC(=N)n1nc(N)c2c(C)cc(N3CCCCC3)nc21. The summed E-state index contributed by atoms with van der Waals surface area (Å²) >= 11 is 0. The van der Waals surface area contributed by atoms with Crippen LogP contribution in [0.25, 0.3) is 11.0 Å². The van der Waals surface area contributed by atoms with Crippen LogP contribution in [0.1, 0.15) is 31.7 Å². The molecule has 0 bridgehead atoms. The van der Waals surface area contributed by atoms with Gasteiger partial charge in [0.2, 0.25) is 0 Å². The summed E-state index contributed by atoms with van der Waals surface area (Å²) < 4.78 is 1.52. The minimum atomic E-state index is 0.328. The Hall–Kier alpha value is -2.11. The zero-order valence-electron chi connectivity index (χ0n) is 12.0. The first-order valence-electron chi connectivity index (χ1n) is 7.04. The zero-order chi connectivity index (χ0) is 14.3. The number of aryl methyl sites for hydroxylation is 1. The molecule has 106 valence electrons. The fraction of sp³-hybridized carbons (Fsp3) is 0.500. The third-order valence-electron chi connectivity index (χ3n) is 3.85. The maximum atomic E-state index is 7.81. The van der Waals surface area contributed by atoms with Crippen LogP contribution < -0.4 is 10.6 Å². The van der Waals surface area contributed by atoms with Crippen molar-refractivity contribution in [2.75, 3.05) is 23.7 Å². The Labute approximate surface area is 118 Å². The molecular formula is C14H20N6. The van der Waals surface area contributed by atoms with Crippen LogP contribution in [0.2, 0.25) is 0 Å². The van der Waals surface area contributed by atoms with Gasteiger partial charge < -0.3 is 10.6 Å². The molecule has 1 fully saturated rings. The second kappa shape index (κ2) is 4.77. The van der Waals surface area contributed by atoms with Crippen molar-refractivity contribution in [3.8, 4) is 0 Å². The number of rotatable bonds is 1. The molecule has 0 saturated carbocycles. The van der Waals surface area contributed by atoms with Gasteiger partial charge in [-0.2, -0.15) is 4.68 Å². The van der Waals surface area contributed by atoms with Gasteiger partial charge in [-0.15, -0.1) is 5.10 Å². The average Bonchev–Trinajstić information content (AvgIpc) is 2.78. The zero-order valence-corrected chi connectivity index (χ0v) is 12.0. The number of hydrogen-bond acceptors (Lipinski definition) is 5. The number of anilines is 2. The van der Waals surface area contributed by atoms with Gasteiger partial charge in [-0.1, -0.05) is 0 Å². The number of nitrogen functional groups attached to an aromatic ring is 1. The van der Waals surface area contributed by atoms with Crippen molar-refractivity contribution in [1.82, 2.24) is 14.8 Å². The van der Waals surface area contributed by atoms with E-state index in [1.165, 1.54) is 23.9 Å². The number of pyridine rings is 1. The summed E-state index contributed by atoms with van der Waals surface area (Å²) in [6.45, 7) is 5.81. The van der Waals surface area contributed by atoms with E-state index in [2.05, 4.69) is 16.1 Å². The highest BCUT2D eigenvalue weighted by atomic mass is 15.3. The Bertz CT molecular complexity index is 666. The molecule has 6 nitrogen and oxygen atoms in total. The molecule has 0 aliphatic carbocycles. The van der Waals surface area contributed by atoms with Crippen LogP contribution in [0.15, 0.2) is 6.07 Å². The number of nitrogens with one attached hydrogen (secondary N) is 1. The van der Waals surface area contributed by atoms with Crippen LogP contribution in [0.3, 0.4) is 0 Å². The largest absolute Gasteiger partial charge is 0.382 e. The van der Waals surface area contributed by atoms with Crippen molar-refractivity contribution < 1.29 is 0 Å². The molecule has 0 radical (unpaired) electrons. The maximum Gasteiger partial charge on any atom is 0.169 e. The summed E-state index contributed by atoms with van der Waals surface area (Å²) in [5.74, 6) is 1.74. The second-order valence-corrected chi connectivity index (χ2v) is 5.43. The Balaban J connectivity index is 2.16. The van der Waals surface area contributed by atoms with Gasteiger partial charge >= 0.3 is 0 Å². The van der Waals surface area contributed by atoms with E-state index in [9.17, 15) is 0 Å². The summed E-state index contributed by atoms with van der Waals surface area (Å²) in [4.78, 5) is 7.02. The standard InChI is InChI=1S/C14H20N6/c1-9-8-11(19-6-4-3-5-7-19)17-14-12(9)13(16)18-20(14)10(2)15/h8,15H,3-7H2,1-2H3,(H2,16,18). The van der Waals surface area contributed by atoms with E-state index in [4.69, 9.17) is 16.1 Å². The summed E-state index contributed by atoms with van der Waals surface area (Å²) in [5, 5.41) is 12.9. The molecular weight excluding hydrogens is 252 g/mol. The number of nitrogens with zero attached hydrogens (tertiary/aromatic N) is 4. The molecule has 1 aliphatic heterocycles. The molecule has 0 unspecified atom stereocenters. The van der Waals surface area contributed by atoms with E-state index in [0.29, 0.717) is 17.3 Å². The third kappa shape index (κ3) is 2.01. The van der Waals surface area contributed by atoms with E-state index in [-0.39, 0.29) is 0 Å². The van der Waals surface area contributed by atoms with Gasteiger partial charge in [0.15, 0.2) is 11.5 Å². The molecule has 6 heteroatoms. The number of nitrogens with two attached hydrogens (primary N) is 1. The lowest BCUT2D eigenvalue weighted by atomic mass is 10.1. The fourth-order valence-electron chi connectivity index (χ4n) is 2.83. The number of piperidine rings is 1. The highest BCUT2D eigenvalue weighted by Gasteiger charge is 2.18. The first-order chi connectivity index (χ1) is 9.58. The van der Waals surface area contributed by atoms with Gasteiger partial charge in [-0.05, 0) is 44.7 Å². The monoisotopic (exact) mass is 272 g/mol. The van der Waals surface area contributed by atoms with Gasteiger partial charge in [0.25, 0.3) is 0 Å². The van der Waals surface area contributed by atoms with Crippen molar-refractivity contribution in [2.45, 2.75) is 33.1 Å². The van der Waals surface area contributed by atoms with Crippen molar-refractivity contribution >= 4 is 28.5 Å². The van der Waals surface area contributed by atoms with Crippen LogP contribution in [-0.4, -0.2) is 33.7 Å². The van der Waals surface area contributed by atoms with E-state index in [0.717, 1.165) is 29.9 Å². The van der Waals surface area contributed by atoms with Crippen molar-refractivity contribution in [3.05, 3.63) is 11.6 Å². The molecule has 20 heavy (non-hydrogen) atoms. The Morgan fingerprint density at radius 3 is 2.65 bits per heavy atom. The van der Waals surface area contributed by atoms with Crippen LogP contribution in [0.4, 0.5) is 11.6 Å². The van der Waals surface area contributed by atoms with Crippen molar-refractivity contribution in [3.63, 3.8) is 0 Å². The van der Waals surface area contributed by atoms with Crippen LogP contribution in [0.5, 0.6) is 0 Å². The van der Waals surface area contributed by atoms with Gasteiger partial charge in [-0.25, -0.2) is 4.98 Å². The van der Waals surface area contributed by atoms with Gasteiger partial charge in [-0.3, -0.25) is 5.41 Å². The summed E-state index contributed by atoms with van der Waals surface area (Å²) in [6, 6.07) is 2.08. The molecule has 0 atom stereocenters. The molecule has 3 heterocycles. The lowest BCUT2D eigenvalue weighted by molar-refractivity contribution is 0.574. The van der Waals surface area contributed by atoms with Crippen LogP contribution in [-0.2, 0) is 0 Å². The Morgan fingerprint density at radius 2 is 2.00 bits per heavy atom. The predicted molar refractivity (Wildman–Crippen MR) is 81.5 cm³/mol. The molecule has 0 aromatic carbocycles. The lowest BCUT2D eigenvalue weighted by Gasteiger charge is -2.28. The summed E-state index contributed by atoms with van der Waals surface area (Å²) in [6.07, 6.45) is 3.72. The number of hydrogen-bond donors (Lipinski definition) is 2. The predicted octanol–water partition coefficient (Wildman–Crippen LogP) is 2.16. The average molecular weight is 272 g/mol. The fourth-order valence-corrected chi connectivity index (χ4v) is 2.83. The van der Waals surface area contributed by atoms with E-state index < -0.39 is 0 Å². The highest BCUT2D eigenvalue weighted by molar-refractivity contribution is 5.97. The Morgan fingerprint density at radius 1 is 1.30 bits per heavy atom. The van der Waals surface area contributed by atoms with Crippen LogP contribution in [0, 0.1) is 12.3 Å². The van der Waals surface area contributed by atoms with Crippen molar-refractivity contribution in [1.29, 1.82) is 5.41 Å². The lowest BCUT2D eigenvalue weighted by Crippen LogP contribution is -2.30. The van der Waals surface area contributed by atoms with E-state index in [1.54, 1.807) is 6.92 Å². The van der Waals surface area contributed by atoms with E-state index >= 15 is 0 Å². The quantitative estimate of drug-likeness (QED) is 0.615. The molecule has 3 rings (SSSR count). The number of aromatic nitrogens is 3. The van der Waals surface area contributed by atoms with Gasteiger partial charge in [0.1, 0.15) is 11.7 Å².